The number of hydrogen-bond acceptors (Lipinski definition) is 2. The number of aliphatic hydroxyl groups excluding tert-OH is 1. The van der Waals surface area contributed by atoms with E-state index in [-0.39, 0.29) is 11.1 Å². The van der Waals surface area contributed by atoms with Gasteiger partial charge in [-0.15, -0.1) is 0 Å². The van der Waals surface area contributed by atoms with Crippen molar-refractivity contribution >= 4 is 18.7 Å². The second-order valence-corrected chi connectivity index (χ2v) is 13.0. The van der Waals surface area contributed by atoms with Gasteiger partial charge in [0.15, 0.2) is 0 Å². The third kappa shape index (κ3) is 3.95. The third-order valence-corrected chi connectivity index (χ3v) is 10.8. The van der Waals surface area contributed by atoms with Crippen LogP contribution in [0, 0.1) is 5.92 Å². The summed E-state index contributed by atoms with van der Waals surface area (Å²) in [4.78, 5) is 0. The molecule has 0 aliphatic heterocycles. The molecular weight excluding hydrogens is 336 g/mol. The molecule has 140 valence electrons. The Bertz CT molecular complexity index is 631. The Balaban J connectivity index is 1.97. The number of aliphatic hydroxyl groups is 1. The highest BCUT2D eigenvalue weighted by Crippen LogP contribution is 2.37. The maximum Gasteiger partial charge on any atom is 0.261 e. The lowest BCUT2D eigenvalue weighted by atomic mass is 9.88. The van der Waals surface area contributed by atoms with E-state index in [1.54, 1.807) is 0 Å². The molecule has 1 aliphatic rings. The van der Waals surface area contributed by atoms with Crippen molar-refractivity contribution < 1.29 is 9.53 Å². The second-order valence-electron chi connectivity index (χ2n) is 8.65. The Morgan fingerprint density at radius 1 is 0.846 bits per heavy atom. The van der Waals surface area contributed by atoms with Crippen LogP contribution in [0.5, 0.6) is 0 Å². The molecule has 0 spiro atoms. The quantitative estimate of drug-likeness (QED) is 0.805. The largest absolute Gasteiger partial charge is 0.407 e. The summed E-state index contributed by atoms with van der Waals surface area (Å²) in [6.07, 6.45) is 3.85. The van der Waals surface area contributed by atoms with Crippen LogP contribution in [0.2, 0.25) is 5.04 Å². The van der Waals surface area contributed by atoms with Gasteiger partial charge in [0, 0.05) is 6.61 Å². The van der Waals surface area contributed by atoms with Crippen LogP contribution < -0.4 is 10.4 Å². The van der Waals surface area contributed by atoms with Gasteiger partial charge in [0.2, 0.25) is 0 Å². The van der Waals surface area contributed by atoms with E-state index < -0.39 is 8.32 Å². The fourth-order valence-electron chi connectivity index (χ4n) is 4.32. The second kappa shape index (κ2) is 8.08. The maximum atomic E-state index is 9.81. The van der Waals surface area contributed by atoms with Crippen LogP contribution in [0.1, 0.15) is 46.5 Å². The van der Waals surface area contributed by atoms with Gasteiger partial charge in [-0.3, -0.25) is 0 Å². The smallest absolute Gasteiger partial charge is 0.261 e. The first kappa shape index (κ1) is 19.3. The average Bonchev–Trinajstić information content (AvgIpc) is 2.64. The Hall–Kier alpha value is -1.42. The van der Waals surface area contributed by atoms with Crippen molar-refractivity contribution in [2.24, 2.45) is 5.92 Å². The fraction of sp³-hybridized carbons (Fsp3) is 0.478. The van der Waals surface area contributed by atoms with Crippen molar-refractivity contribution in [1.82, 2.24) is 0 Å². The molecule has 0 heterocycles. The lowest BCUT2D eigenvalue weighted by molar-refractivity contribution is 0.0899. The van der Waals surface area contributed by atoms with Gasteiger partial charge in [-0.2, -0.15) is 0 Å². The summed E-state index contributed by atoms with van der Waals surface area (Å²) in [5, 5.41) is 12.5. The van der Waals surface area contributed by atoms with Crippen LogP contribution >= 0.6 is 0 Å². The number of hydrogen-bond donors (Lipinski definition) is 1. The van der Waals surface area contributed by atoms with Crippen molar-refractivity contribution in [3.8, 4) is 0 Å². The Kier molecular flexibility index (Phi) is 6.01. The SMILES string of the molecule is CC(C)(C)[Si](OCC1CCC(O)CC1)(c1ccccc1)c1ccccc1. The molecule has 0 bridgehead atoms. The molecule has 3 heteroatoms. The highest BCUT2D eigenvalue weighted by atomic mass is 28.4. The monoisotopic (exact) mass is 368 g/mol. The van der Waals surface area contributed by atoms with Crippen molar-refractivity contribution in [1.29, 1.82) is 0 Å². The maximum absolute atomic E-state index is 9.81. The van der Waals surface area contributed by atoms with Gasteiger partial charge < -0.3 is 9.53 Å². The van der Waals surface area contributed by atoms with Gasteiger partial charge in [-0.25, -0.2) is 0 Å². The first-order chi connectivity index (χ1) is 12.4. The molecule has 1 aliphatic carbocycles. The van der Waals surface area contributed by atoms with Crippen LogP contribution in [-0.2, 0) is 4.43 Å². The van der Waals surface area contributed by atoms with Crippen molar-refractivity contribution in [3.05, 3.63) is 60.7 Å². The van der Waals surface area contributed by atoms with Gasteiger partial charge in [-0.1, -0.05) is 81.4 Å². The lowest BCUT2D eigenvalue weighted by Gasteiger charge is -2.44. The van der Waals surface area contributed by atoms with E-state index >= 15 is 0 Å². The molecule has 0 aromatic heterocycles. The normalized spacial score (nSPS) is 21.5. The Morgan fingerprint density at radius 2 is 1.31 bits per heavy atom. The minimum atomic E-state index is -2.41. The summed E-state index contributed by atoms with van der Waals surface area (Å²) in [5.41, 5.74) is 0. The summed E-state index contributed by atoms with van der Waals surface area (Å²) < 4.78 is 7.00. The average molecular weight is 369 g/mol. The van der Waals surface area contributed by atoms with Crippen LogP contribution in [0.25, 0.3) is 0 Å². The topological polar surface area (TPSA) is 29.5 Å². The van der Waals surface area contributed by atoms with Gasteiger partial charge >= 0.3 is 0 Å². The summed E-state index contributed by atoms with van der Waals surface area (Å²) in [7, 11) is -2.41. The van der Waals surface area contributed by atoms with Crippen LogP contribution in [-0.4, -0.2) is 26.1 Å². The molecule has 2 nitrogen and oxygen atoms in total. The molecule has 1 fully saturated rings. The molecule has 2 aromatic rings. The number of benzene rings is 2. The third-order valence-electron chi connectivity index (χ3n) is 5.77. The van der Waals surface area contributed by atoms with E-state index in [1.165, 1.54) is 10.4 Å². The zero-order valence-electron chi connectivity index (χ0n) is 16.3. The van der Waals surface area contributed by atoms with Crippen molar-refractivity contribution in [3.63, 3.8) is 0 Å². The predicted molar refractivity (Wildman–Crippen MR) is 112 cm³/mol. The van der Waals surface area contributed by atoms with Crippen LogP contribution in [0.4, 0.5) is 0 Å². The van der Waals surface area contributed by atoms with E-state index in [2.05, 4.69) is 81.4 Å². The molecule has 0 amide bonds. The van der Waals surface area contributed by atoms with Crippen LogP contribution in [0.3, 0.4) is 0 Å². The Labute approximate surface area is 159 Å². The van der Waals surface area contributed by atoms with E-state index in [1.807, 2.05) is 0 Å². The van der Waals surface area contributed by atoms with Crippen molar-refractivity contribution in [2.45, 2.75) is 57.6 Å². The predicted octanol–water partition coefficient (Wildman–Crippen LogP) is 4.11. The summed E-state index contributed by atoms with van der Waals surface area (Å²) >= 11 is 0. The van der Waals surface area contributed by atoms with E-state index in [0.29, 0.717) is 5.92 Å². The van der Waals surface area contributed by atoms with E-state index in [9.17, 15) is 5.11 Å². The van der Waals surface area contributed by atoms with E-state index in [4.69, 9.17) is 4.43 Å². The fourth-order valence-corrected chi connectivity index (χ4v) is 8.96. The first-order valence-electron chi connectivity index (χ1n) is 9.86. The highest BCUT2D eigenvalue weighted by molar-refractivity contribution is 6.99. The van der Waals surface area contributed by atoms with Gasteiger partial charge in [-0.05, 0) is 47.0 Å². The molecule has 1 N–H and O–H groups in total. The first-order valence-corrected chi connectivity index (χ1v) is 11.8. The zero-order chi connectivity index (χ0) is 18.6. The molecule has 0 atom stereocenters. The molecule has 1 saturated carbocycles. The Morgan fingerprint density at radius 3 is 1.73 bits per heavy atom. The minimum absolute atomic E-state index is 0.0316. The molecular formula is C23H32O2Si. The molecule has 3 rings (SSSR count). The molecule has 0 radical (unpaired) electrons. The van der Waals surface area contributed by atoms with Crippen LogP contribution in [0.15, 0.2) is 60.7 Å². The summed E-state index contributed by atoms with van der Waals surface area (Å²) in [5.74, 6) is 0.556. The molecule has 0 saturated heterocycles. The van der Waals surface area contributed by atoms with Crippen molar-refractivity contribution in [2.75, 3.05) is 6.61 Å². The van der Waals surface area contributed by atoms with E-state index in [0.717, 1.165) is 32.3 Å². The summed E-state index contributed by atoms with van der Waals surface area (Å²) in [6.45, 7) is 7.76. The zero-order valence-corrected chi connectivity index (χ0v) is 17.3. The number of rotatable bonds is 5. The lowest BCUT2D eigenvalue weighted by Crippen LogP contribution is -2.67. The molecule has 2 aromatic carbocycles. The molecule has 26 heavy (non-hydrogen) atoms. The standard InChI is InChI=1S/C23H32O2Si/c1-23(2,3)26(21-10-6-4-7-11-21,22-12-8-5-9-13-22)25-18-19-14-16-20(24)17-15-19/h4-13,19-20,24H,14-18H2,1-3H3. The molecule has 0 unspecified atom stereocenters. The summed E-state index contributed by atoms with van der Waals surface area (Å²) in [6, 6.07) is 21.7. The highest BCUT2D eigenvalue weighted by Gasteiger charge is 2.50. The minimum Gasteiger partial charge on any atom is -0.407 e. The van der Waals surface area contributed by atoms with Gasteiger partial charge in [0.25, 0.3) is 8.32 Å². The van der Waals surface area contributed by atoms with Gasteiger partial charge in [0.05, 0.1) is 6.10 Å². The van der Waals surface area contributed by atoms with Gasteiger partial charge in [0.1, 0.15) is 0 Å².